The fraction of sp³-hybridized carbons (Fsp3) is 0.364. The van der Waals surface area contributed by atoms with Crippen molar-refractivity contribution in [2.45, 2.75) is 42.2 Å². The minimum atomic E-state index is -5.81. The van der Waals surface area contributed by atoms with E-state index in [4.69, 9.17) is 0 Å². The van der Waals surface area contributed by atoms with Gasteiger partial charge in [0, 0.05) is 23.7 Å². The van der Waals surface area contributed by atoms with Crippen molar-refractivity contribution in [1.29, 1.82) is 5.26 Å². The first-order valence-corrected chi connectivity index (χ1v) is 11.7. The number of aryl methyl sites for hydroxylation is 1. The van der Waals surface area contributed by atoms with E-state index < -0.39 is 23.2 Å². The predicted molar refractivity (Wildman–Crippen MR) is 120 cm³/mol. The van der Waals surface area contributed by atoms with Gasteiger partial charge in [0.25, 0.3) is 0 Å². The molecule has 0 amide bonds. The maximum Gasteiger partial charge on any atom is 0.459 e. The third kappa shape index (κ3) is 3.78. The van der Waals surface area contributed by atoms with E-state index in [1.54, 1.807) is 30.3 Å². The van der Waals surface area contributed by atoms with Crippen LogP contribution in [-0.4, -0.2) is 46.4 Å². The summed E-state index contributed by atoms with van der Waals surface area (Å²) >= 11 is 1.45. The molecule has 0 atom stereocenters. The van der Waals surface area contributed by atoms with Crippen LogP contribution in [0.4, 0.5) is 22.0 Å². The molecule has 8 nitrogen and oxygen atoms in total. The number of nitriles is 1. The molecule has 0 bridgehead atoms. The summed E-state index contributed by atoms with van der Waals surface area (Å²) in [6.45, 7) is 1.93. The van der Waals surface area contributed by atoms with Crippen LogP contribution in [0.2, 0.25) is 0 Å². The van der Waals surface area contributed by atoms with Crippen molar-refractivity contribution < 1.29 is 22.0 Å². The molecule has 0 saturated heterocycles. The van der Waals surface area contributed by atoms with Crippen molar-refractivity contribution in [3.05, 3.63) is 42.0 Å². The summed E-state index contributed by atoms with van der Waals surface area (Å²) in [5, 5.41) is 20.5. The van der Waals surface area contributed by atoms with E-state index in [1.807, 2.05) is 13.0 Å². The SMILES string of the molecule is CCSc1cc(-n2cc(C3(C#N)CC3)cn2)cnc1-c1nc2cc(C(F)(F)C(F)(F)F)nnc2n1C. The Morgan fingerprint density at radius 1 is 1.14 bits per heavy atom. The molecule has 186 valence electrons. The standard InChI is InChI=1S/C22H17F5N8S/c1-3-36-15-6-13(35-10-12(8-30-35)20(11-28)4-5-20)9-29-17(15)19-31-14-7-16(21(23,24)22(25,26)27)32-33-18(14)34(19)2/h6-10H,3-5H2,1-2H3. The quantitative estimate of drug-likeness (QED) is 0.263. The van der Waals surface area contributed by atoms with Gasteiger partial charge in [-0.15, -0.1) is 22.0 Å². The normalized spacial score (nSPS) is 15.3. The van der Waals surface area contributed by atoms with Crippen molar-refractivity contribution in [1.82, 2.24) is 34.5 Å². The van der Waals surface area contributed by atoms with Crippen LogP contribution >= 0.6 is 11.8 Å². The summed E-state index contributed by atoms with van der Waals surface area (Å²) in [5.41, 5.74) is -0.268. The molecule has 4 aromatic rings. The Bertz CT molecular complexity index is 1510. The summed E-state index contributed by atoms with van der Waals surface area (Å²) < 4.78 is 69.0. The first-order chi connectivity index (χ1) is 17.0. The summed E-state index contributed by atoms with van der Waals surface area (Å²) in [5.74, 6) is -4.26. The van der Waals surface area contributed by atoms with E-state index in [1.165, 1.54) is 16.3 Å². The van der Waals surface area contributed by atoms with Crippen LogP contribution < -0.4 is 0 Å². The van der Waals surface area contributed by atoms with Gasteiger partial charge in [-0.05, 0) is 30.7 Å². The Morgan fingerprint density at radius 3 is 2.53 bits per heavy atom. The molecule has 4 heterocycles. The van der Waals surface area contributed by atoms with Gasteiger partial charge in [0.2, 0.25) is 0 Å². The zero-order chi connectivity index (χ0) is 25.9. The van der Waals surface area contributed by atoms with Gasteiger partial charge in [-0.25, -0.2) is 14.6 Å². The lowest BCUT2D eigenvalue weighted by molar-refractivity contribution is -0.291. The Morgan fingerprint density at radius 2 is 1.89 bits per heavy atom. The molecule has 0 unspecified atom stereocenters. The number of imidazole rings is 1. The smallest absolute Gasteiger partial charge is 0.309 e. The molecule has 5 rings (SSSR count). The number of fused-ring (bicyclic) bond motifs is 1. The lowest BCUT2D eigenvalue weighted by Gasteiger charge is -2.17. The highest BCUT2D eigenvalue weighted by Crippen LogP contribution is 2.47. The minimum Gasteiger partial charge on any atom is -0.309 e. The molecule has 36 heavy (non-hydrogen) atoms. The summed E-state index contributed by atoms with van der Waals surface area (Å²) in [6, 6.07) is 4.75. The molecule has 4 aromatic heterocycles. The molecule has 0 aromatic carbocycles. The van der Waals surface area contributed by atoms with Crippen molar-refractivity contribution in [2.75, 3.05) is 5.75 Å². The van der Waals surface area contributed by atoms with Crippen LogP contribution in [0.15, 0.2) is 35.6 Å². The van der Waals surface area contributed by atoms with E-state index >= 15 is 0 Å². The van der Waals surface area contributed by atoms with Gasteiger partial charge in [0.1, 0.15) is 16.9 Å². The second-order valence-corrected chi connectivity index (χ2v) is 9.65. The van der Waals surface area contributed by atoms with Crippen molar-refractivity contribution >= 4 is 22.9 Å². The van der Waals surface area contributed by atoms with Gasteiger partial charge in [0.15, 0.2) is 11.5 Å². The first kappa shape index (κ1) is 24.1. The van der Waals surface area contributed by atoms with Gasteiger partial charge in [-0.3, -0.25) is 0 Å². The van der Waals surface area contributed by atoms with Crippen LogP contribution in [0.25, 0.3) is 28.4 Å². The number of hydrogen-bond donors (Lipinski definition) is 0. The second-order valence-electron chi connectivity index (χ2n) is 8.35. The Hall–Kier alpha value is -3.60. The van der Waals surface area contributed by atoms with Gasteiger partial charge < -0.3 is 4.57 Å². The van der Waals surface area contributed by atoms with Crippen molar-refractivity contribution in [3.8, 4) is 23.3 Å². The molecule has 0 spiro atoms. The van der Waals surface area contributed by atoms with Gasteiger partial charge in [-0.1, -0.05) is 6.92 Å². The number of pyridine rings is 1. The molecular weight excluding hydrogens is 503 g/mol. The van der Waals surface area contributed by atoms with Gasteiger partial charge >= 0.3 is 12.1 Å². The number of thioether (sulfide) groups is 1. The number of rotatable bonds is 6. The summed E-state index contributed by atoms with van der Waals surface area (Å²) in [6.07, 6.45) is 0.765. The van der Waals surface area contributed by atoms with E-state index in [2.05, 4.69) is 31.3 Å². The Kier molecular flexibility index (Phi) is 5.51. The highest BCUT2D eigenvalue weighted by Gasteiger charge is 2.60. The van der Waals surface area contributed by atoms with E-state index in [-0.39, 0.29) is 17.0 Å². The van der Waals surface area contributed by atoms with E-state index in [0.717, 1.165) is 18.4 Å². The zero-order valence-electron chi connectivity index (χ0n) is 18.9. The number of hydrogen-bond acceptors (Lipinski definition) is 7. The minimum absolute atomic E-state index is 0.0352. The van der Waals surface area contributed by atoms with Crippen LogP contribution in [-0.2, 0) is 18.4 Å². The number of aromatic nitrogens is 7. The first-order valence-electron chi connectivity index (χ1n) is 10.8. The van der Waals surface area contributed by atoms with Crippen LogP contribution in [0, 0.1) is 11.3 Å². The van der Waals surface area contributed by atoms with E-state index in [0.29, 0.717) is 28.1 Å². The summed E-state index contributed by atoms with van der Waals surface area (Å²) in [7, 11) is 1.55. The molecule has 1 saturated carbocycles. The number of nitrogens with zero attached hydrogens (tertiary/aromatic N) is 8. The fourth-order valence-electron chi connectivity index (χ4n) is 3.79. The predicted octanol–water partition coefficient (Wildman–Crippen LogP) is 4.93. The molecule has 0 N–H and O–H groups in total. The highest BCUT2D eigenvalue weighted by atomic mass is 32.2. The molecule has 14 heteroatoms. The van der Waals surface area contributed by atoms with Crippen molar-refractivity contribution in [3.63, 3.8) is 0 Å². The highest BCUT2D eigenvalue weighted by molar-refractivity contribution is 7.99. The maximum atomic E-state index is 13.8. The van der Waals surface area contributed by atoms with Crippen LogP contribution in [0.3, 0.4) is 0 Å². The second kappa shape index (κ2) is 8.22. The third-order valence-electron chi connectivity index (χ3n) is 6.01. The maximum absolute atomic E-state index is 13.8. The molecule has 1 aliphatic rings. The zero-order valence-corrected chi connectivity index (χ0v) is 19.7. The molecule has 0 aliphatic heterocycles. The molecule has 1 aliphatic carbocycles. The average molecular weight is 520 g/mol. The monoisotopic (exact) mass is 520 g/mol. The fourth-order valence-corrected chi connectivity index (χ4v) is 4.59. The molecular formula is C22H17F5N8S. The number of alkyl halides is 5. The van der Waals surface area contributed by atoms with Crippen molar-refractivity contribution in [2.24, 2.45) is 7.05 Å². The Labute approximate surface area is 205 Å². The lowest BCUT2D eigenvalue weighted by atomic mass is 10.0. The largest absolute Gasteiger partial charge is 0.459 e. The molecule has 1 fully saturated rings. The Balaban J connectivity index is 1.56. The summed E-state index contributed by atoms with van der Waals surface area (Å²) in [4.78, 5) is 9.47. The average Bonchev–Trinajstić information content (AvgIpc) is 3.35. The van der Waals surface area contributed by atoms with Gasteiger partial charge in [-0.2, -0.15) is 32.3 Å². The van der Waals surface area contributed by atoms with Crippen LogP contribution in [0.5, 0.6) is 0 Å². The third-order valence-corrected chi connectivity index (χ3v) is 6.92. The number of halogens is 5. The topological polar surface area (TPSA) is 98.1 Å². The van der Waals surface area contributed by atoms with E-state index in [9.17, 15) is 27.2 Å². The lowest BCUT2D eigenvalue weighted by Crippen LogP contribution is -2.34. The van der Waals surface area contributed by atoms with Gasteiger partial charge in [0.05, 0.1) is 29.6 Å². The van der Waals surface area contributed by atoms with Crippen LogP contribution in [0.1, 0.15) is 31.0 Å². The molecule has 0 radical (unpaired) electrons.